The molecule has 0 spiro atoms. The molecule has 2 amide bonds. The summed E-state index contributed by atoms with van der Waals surface area (Å²) in [6.07, 6.45) is -4.28. The molecule has 0 saturated carbocycles. The van der Waals surface area contributed by atoms with Gasteiger partial charge in [-0.15, -0.1) is 0 Å². The Labute approximate surface area is 160 Å². The lowest BCUT2D eigenvalue weighted by Gasteiger charge is -2.33. The molecule has 1 aromatic carbocycles. The van der Waals surface area contributed by atoms with Crippen molar-refractivity contribution in [1.82, 2.24) is 4.90 Å². The van der Waals surface area contributed by atoms with Crippen LogP contribution < -0.4 is 4.90 Å². The van der Waals surface area contributed by atoms with Gasteiger partial charge >= 0.3 is 12.3 Å². The van der Waals surface area contributed by atoms with Crippen LogP contribution in [0.25, 0.3) is 0 Å². The number of rotatable bonds is 2. The minimum absolute atomic E-state index is 0.0876. The molecule has 6 nitrogen and oxygen atoms in total. The van der Waals surface area contributed by atoms with Crippen LogP contribution in [-0.2, 0) is 20.5 Å². The van der Waals surface area contributed by atoms with E-state index in [1.165, 1.54) is 21.9 Å². The number of hydrogen-bond donors (Lipinski definition) is 0. The molecule has 2 aliphatic heterocycles. The molecule has 28 heavy (non-hydrogen) atoms. The van der Waals surface area contributed by atoms with Crippen LogP contribution in [0.4, 0.5) is 23.7 Å². The van der Waals surface area contributed by atoms with Crippen LogP contribution in [0.5, 0.6) is 0 Å². The first kappa shape index (κ1) is 20.2. The molecule has 1 aromatic rings. The second kappa shape index (κ2) is 6.79. The number of halogens is 3. The molecule has 0 aliphatic carbocycles. The molecule has 0 unspecified atom stereocenters. The fraction of sp³-hybridized carbons (Fsp3) is 0.526. The zero-order valence-corrected chi connectivity index (χ0v) is 15.7. The molecule has 9 heteroatoms. The van der Waals surface area contributed by atoms with Crippen molar-refractivity contribution < 1.29 is 32.3 Å². The summed E-state index contributed by atoms with van der Waals surface area (Å²) in [7, 11) is 0. The van der Waals surface area contributed by atoms with E-state index in [0.29, 0.717) is 18.4 Å². The van der Waals surface area contributed by atoms with E-state index in [9.17, 15) is 27.6 Å². The largest absolute Gasteiger partial charge is 0.444 e. The molecule has 152 valence electrons. The lowest BCUT2D eigenvalue weighted by atomic mass is 9.94. The maximum atomic E-state index is 12.9. The van der Waals surface area contributed by atoms with Crippen molar-refractivity contribution >= 4 is 24.0 Å². The smallest absolute Gasteiger partial charge is 0.416 e. The fourth-order valence-corrected chi connectivity index (χ4v) is 3.70. The Kier molecular flexibility index (Phi) is 4.89. The van der Waals surface area contributed by atoms with Crippen LogP contribution in [0.3, 0.4) is 0 Å². The van der Waals surface area contributed by atoms with Gasteiger partial charge in [0.05, 0.1) is 17.5 Å². The van der Waals surface area contributed by atoms with Gasteiger partial charge in [-0.05, 0) is 51.5 Å². The molecular formula is C19H21F3N2O4. The third-order valence-electron chi connectivity index (χ3n) is 4.88. The SMILES string of the molecule is CC(C)(C)OC(=O)N1[C@@H]2C[C@@H](C(=O)N(c3ccc(C(F)(F)F)cc3)C2)[C@@H]1C=O. The van der Waals surface area contributed by atoms with Crippen molar-refractivity contribution in [2.24, 2.45) is 5.92 Å². The molecule has 2 saturated heterocycles. The van der Waals surface area contributed by atoms with Gasteiger partial charge in [-0.25, -0.2) is 4.79 Å². The molecule has 0 radical (unpaired) electrons. The second-order valence-corrected chi connectivity index (χ2v) is 8.00. The number of benzene rings is 1. The Bertz CT molecular complexity index is 786. The highest BCUT2D eigenvalue weighted by Crippen LogP contribution is 2.39. The maximum absolute atomic E-state index is 12.9. The van der Waals surface area contributed by atoms with E-state index < -0.39 is 41.4 Å². The summed E-state index contributed by atoms with van der Waals surface area (Å²) >= 11 is 0. The highest BCUT2D eigenvalue weighted by molar-refractivity contribution is 5.99. The van der Waals surface area contributed by atoms with Gasteiger partial charge in [-0.2, -0.15) is 13.2 Å². The van der Waals surface area contributed by atoms with Gasteiger partial charge in [0.25, 0.3) is 0 Å². The van der Waals surface area contributed by atoms with Crippen LogP contribution >= 0.6 is 0 Å². The summed E-state index contributed by atoms with van der Waals surface area (Å²) in [5.41, 5.74) is -1.29. The summed E-state index contributed by atoms with van der Waals surface area (Å²) in [6.45, 7) is 5.18. The number of likely N-dealkylation sites (tertiary alicyclic amines) is 1. The molecule has 0 aromatic heterocycles. The van der Waals surface area contributed by atoms with Crippen molar-refractivity contribution in [3.05, 3.63) is 29.8 Å². The lowest BCUT2D eigenvalue weighted by molar-refractivity contribution is -0.137. The molecule has 3 atom stereocenters. The predicted octanol–water partition coefficient (Wildman–Crippen LogP) is 3.25. The Morgan fingerprint density at radius 3 is 2.29 bits per heavy atom. The number of aldehydes is 1. The zero-order chi connectivity index (χ0) is 20.9. The van der Waals surface area contributed by atoms with Gasteiger partial charge in [0.2, 0.25) is 5.91 Å². The monoisotopic (exact) mass is 398 g/mol. The Hall–Kier alpha value is -2.58. The molecule has 2 heterocycles. The third kappa shape index (κ3) is 3.70. The number of nitrogens with zero attached hydrogens (tertiary/aromatic N) is 2. The minimum Gasteiger partial charge on any atom is -0.444 e. The van der Waals surface area contributed by atoms with E-state index in [-0.39, 0.29) is 12.5 Å². The summed E-state index contributed by atoms with van der Waals surface area (Å²) in [5, 5.41) is 0. The first-order chi connectivity index (χ1) is 12.9. The topological polar surface area (TPSA) is 66.9 Å². The molecule has 3 rings (SSSR count). The third-order valence-corrected chi connectivity index (χ3v) is 4.88. The average molecular weight is 398 g/mol. The lowest BCUT2D eigenvalue weighted by Crippen LogP contribution is -2.48. The number of piperidine rings is 1. The normalized spacial score (nSPS) is 25.1. The fourth-order valence-electron chi connectivity index (χ4n) is 3.70. The van der Waals surface area contributed by atoms with Crippen LogP contribution in [0.15, 0.2) is 24.3 Å². The second-order valence-electron chi connectivity index (χ2n) is 8.00. The summed E-state index contributed by atoms with van der Waals surface area (Å²) in [4.78, 5) is 39.7. The van der Waals surface area contributed by atoms with Gasteiger partial charge in [-0.3, -0.25) is 9.69 Å². The maximum Gasteiger partial charge on any atom is 0.416 e. The zero-order valence-electron chi connectivity index (χ0n) is 15.7. The van der Waals surface area contributed by atoms with Crippen molar-refractivity contribution in [3.63, 3.8) is 0 Å². The van der Waals surface area contributed by atoms with Gasteiger partial charge in [0, 0.05) is 12.2 Å². The average Bonchev–Trinajstić information content (AvgIpc) is 2.90. The molecule has 2 fully saturated rings. The number of alkyl halides is 3. The Balaban J connectivity index is 1.87. The standard InChI is InChI=1S/C19H21F3N2O4/c1-18(2,3)28-17(27)24-13-8-14(15(24)10-25)16(26)23(9-13)12-6-4-11(5-7-12)19(20,21)22/h4-7,10,13-15H,8-9H2,1-3H3/t13-,14-,15+/m1/s1. The predicted molar refractivity (Wildman–Crippen MR) is 93.6 cm³/mol. The van der Waals surface area contributed by atoms with Gasteiger partial charge in [0.15, 0.2) is 0 Å². The Morgan fingerprint density at radius 1 is 1.18 bits per heavy atom. The number of fused-ring (bicyclic) bond motifs is 2. The number of carbonyl (C=O) groups excluding carboxylic acids is 3. The number of amides is 2. The molecule has 0 N–H and O–H groups in total. The minimum atomic E-state index is -4.47. The van der Waals surface area contributed by atoms with Crippen molar-refractivity contribution in [3.8, 4) is 0 Å². The first-order valence-electron chi connectivity index (χ1n) is 8.87. The molecule has 2 aliphatic rings. The van der Waals surface area contributed by atoms with Crippen molar-refractivity contribution in [2.75, 3.05) is 11.4 Å². The summed E-state index contributed by atoms with van der Waals surface area (Å²) < 4.78 is 43.7. The number of ether oxygens (including phenoxy) is 1. The molecular weight excluding hydrogens is 377 g/mol. The van der Waals surface area contributed by atoms with Gasteiger partial charge in [0.1, 0.15) is 17.9 Å². The van der Waals surface area contributed by atoms with Crippen LogP contribution in [-0.4, -0.2) is 47.4 Å². The number of anilines is 1. The van der Waals surface area contributed by atoms with E-state index >= 15 is 0 Å². The summed E-state index contributed by atoms with van der Waals surface area (Å²) in [6, 6.07) is 2.85. The summed E-state index contributed by atoms with van der Waals surface area (Å²) in [5.74, 6) is -1.13. The van der Waals surface area contributed by atoms with Crippen molar-refractivity contribution in [2.45, 2.75) is 51.1 Å². The van der Waals surface area contributed by atoms with E-state index in [1.54, 1.807) is 20.8 Å². The quantitative estimate of drug-likeness (QED) is 0.718. The number of carbonyl (C=O) groups is 3. The Morgan fingerprint density at radius 2 is 1.79 bits per heavy atom. The highest BCUT2D eigenvalue weighted by atomic mass is 19.4. The first-order valence-corrected chi connectivity index (χ1v) is 8.87. The van der Waals surface area contributed by atoms with Crippen LogP contribution in [0.2, 0.25) is 0 Å². The highest BCUT2D eigenvalue weighted by Gasteiger charge is 2.53. The van der Waals surface area contributed by atoms with E-state index in [4.69, 9.17) is 4.74 Å². The molecule has 2 bridgehead atoms. The van der Waals surface area contributed by atoms with E-state index in [1.807, 2.05) is 0 Å². The van der Waals surface area contributed by atoms with E-state index in [0.717, 1.165) is 12.1 Å². The number of hydrogen-bond acceptors (Lipinski definition) is 4. The van der Waals surface area contributed by atoms with Gasteiger partial charge in [-0.1, -0.05) is 0 Å². The van der Waals surface area contributed by atoms with Crippen LogP contribution in [0.1, 0.15) is 32.8 Å². The van der Waals surface area contributed by atoms with E-state index in [2.05, 4.69) is 0 Å². The van der Waals surface area contributed by atoms with Gasteiger partial charge < -0.3 is 14.4 Å². The van der Waals surface area contributed by atoms with Crippen molar-refractivity contribution in [1.29, 1.82) is 0 Å². The van der Waals surface area contributed by atoms with Crippen LogP contribution in [0, 0.1) is 5.92 Å².